The molecule has 0 bridgehead atoms. The van der Waals surface area contributed by atoms with Crippen LogP contribution in [0.3, 0.4) is 0 Å². The second kappa shape index (κ2) is 3.29. The predicted molar refractivity (Wildman–Crippen MR) is 51.1 cm³/mol. The van der Waals surface area contributed by atoms with Crippen LogP contribution in [-0.4, -0.2) is 29.4 Å². The fourth-order valence-corrected chi connectivity index (χ4v) is 2.00. The molecule has 1 saturated carbocycles. The summed E-state index contributed by atoms with van der Waals surface area (Å²) in [6.07, 6.45) is 4.23. The lowest BCUT2D eigenvalue weighted by molar-refractivity contribution is -0.132. The van der Waals surface area contributed by atoms with Gasteiger partial charge in [-0.1, -0.05) is 0 Å². The van der Waals surface area contributed by atoms with E-state index in [1.165, 1.54) is 12.8 Å². The van der Waals surface area contributed by atoms with Crippen molar-refractivity contribution < 1.29 is 4.79 Å². The van der Waals surface area contributed by atoms with E-state index >= 15 is 0 Å². The Labute approximate surface area is 79.3 Å². The van der Waals surface area contributed by atoms with Gasteiger partial charge in [-0.2, -0.15) is 0 Å². The minimum absolute atomic E-state index is 0.197. The van der Waals surface area contributed by atoms with Crippen LogP contribution in [-0.2, 0) is 4.79 Å². The van der Waals surface area contributed by atoms with Crippen LogP contribution in [0.25, 0.3) is 0 Å². The lowest BCUT2D eigenvalue weighted by atomic mass is 10.1. The maximum absolute atomic E-state index is 11.7. The molecule has 1 saturated heterocycles. The zero-order valence-corrected chi connectivity index (χ0v) is 8.20. The van der Waals surface area contributed by atoms with Crippen molar-refractivity contribution in [2.75, 3.05) is 6.54 Å². The van der Waals surface area contributed by atoms with Crippen LogP contribution in [0.4, 0.5) is 0 Å². The molecule has 3 heteroatoms. The number of carbonyl (C=O) groups excluding carboxylic acids is 1. The van der Waals surface area contributed by atoms with E-state index in [9.17, 15) is 4.79 Å². The Morgan fingerprint density at radius 3 is 2.62 bits per heavy atom. The summed E-state index contributed by atoms with van der Waals surface area (Å²) in [7, 11) is 0. The molecule has 1 heterocycles. The molecule has 0 aromatic rings. The van der Waals surface area contributed by atoms with E-state index in [1.807, 2.05) is 4.90 Å². The van der Waals surface area contributed by atoms with Crippen molar-refractivity contribution in [2.24, 2.45) is 11.7 Å². The summed E-state index contributed by atoms with van der Waals surface area (Å²) in [6.45, 7) is 2.93. The average Bonchev–Trinajstić information content (AvgIpc) is 2.82. The lowest BCUT2D eigenvalue weighted by Crippen LogP contribution is -2.40. The zero-order chi connectivity index (χ0) is 9.42. The lowest BCUT2D eigenvalue weighted by Gasteiger charge is -2.23. The molecule has 74 valence electrons. The van der Waals surface area contributed by atoms with E-state index in [0.29, 0.717) is 11.8 Å². The van der Waals surface area contributed by atoms with Crippen molar-refractivity contribution in [3.63, 3.8) is 0 Å². The molecular weight excluding hydrogens is 164 g/mol. The SMILES string of the molecule is CC1C(N)CCN1C(=O)CC1CC1. The number of rotatable bonds is 2. The second-order valence-corrected chi connectivity index (χ2v) is 4.43. The Hall–Kier alpha value is -0.570. The van der Waals surface area contributed by atoms with Crippen molar-refractivity contribution in [3.05, 3.63) is 0 Å². The maximum atomic E-state index is 11.7. The van der Waals surface area contributed by atoms with E-state index in [0.717, 1.165) is 19.4 Å². The van der Waals surface area contributed by atoms with Gasteiger partial charge < -0.3 is 10.6 Å². The Balaban J connectivity index is 1.88. The normalized spacial score (nSPS) is 33.8. The first-order chi connectivity index (χ1) is 6.18. The van der Waals surface area contributed by atoms with Crippen LogP contribution >= 0.6 is 0 Å². The number of likely N-dealkylation sites (tertiary alicyclic amines) is 1. The van der Waals surface area contributed by atoms with Gasteiger partial charge in [0.1, 0.15) is 0 Å². The number of hydrogen-bond donors (Lipinski definition) is 1. The zero-order valence-electron chi connectivity index (χ0n) is 8.20. The largest absolute Gasteiger partial charge is 0.338 e. The van der Waals surface area contributed by atoms with Gasteiger partial charge in [0.25, 0.3) is 0 Å². The summed E-state index contributed by atoms with van der Waals surface area (Å²) in [5.41, 5.74) is 5.86. The fourth-order valence-electron chi connectivity index (χ4n) is 2.00. The van der Waals surface area contributed by atoms with Crippen molar-refractivity contribution in [1.29, 1.82) is 0 Å². The van der Waals surface area contributed by atoms with Crippen molar-refractivity contribution in [1.82, 2.24) is 4.90 Å². The minimum atomic E-state index is 0.197. The van der Waals surface area contributed by atoms with Crippen LogP contribution in [0.15, 0.2) is 0 Å². The van der Waals surface area contributed by atoms with Gasteiger partial charge in [-0.05, 0) is 32.1 Å². The number of nitrogens with two attached hydrogens (primary N) is 1. The van der Waals surface area contributed by atoms with Gasteiger partial charge in [0.2, 0.25) is 5.91 Å². The number of hydrogen-bond acceptors (Lipinski definition) is 2. The summed E-state index contributed by atoms with van der Waals surface area (Å²) in [5.74, 6) is 1.01. The monoisotopic (exact) mass is 182 g/mol. The third-order valence-electron chi connectivity index (χ3n) is 3.30. The van der Waals surface area contributed by atoms with Crippen LogP contribution in [0, 0.1) is 5.92 Å². The van der Waals surface area contributed by atoms with Crippen molar-refractivity contribution in [2.45, 2.75) is 44.7 Å². The molecule has 1 aliphatic carbocycles. The summed E-state index contributed by atoms with van der Waals surface area (Å²) in [5, 5.41) is 0. The molecule has 2 fully saturated rings. The molecular formula is C10H18N2O. The van der Waals surface area contributed by atoms with Gasteiger partial charge in [0.05, 0.1) is 0 Å². The van der Waals surface area contributed by atoms with Gasteiger partial charge in [-0.15, -0.1) is 0 Å². The van der Waals surface area contributed by atoms with E-state index in [2.05, 4.69) is 6.92 Å². The second-order valence-electron chi connectivity index (χ2n) is 4.43. The third-order valence-corrected chi connectivity index (χ3v) is 3.30. The summed E-state index contributed by atoms with van der Waals surface area (Å²) in [4.78, 5) is 13.7. The predicted octanol–water partition coefficient (Wildman–Crippen LogP) is 0.735. The average molecular weight is 182 g/mol. The van der Waals surface area contributed by atoms with Gasteiger partial charge in [0, 0.05) is 25.0 Å². The first-order valence-electron chi connectivity index (χ1n) is 5.23. The molecule has 13 heavy (non-hydrogen) atoms. The molecule has 3 nitrogen and oxygen atoms in total. The van der Waals surface area contributed by atoms with E-state index < -0.39 is 0 Å². The molecule has 2 unspecified atom stereocenters. The molecule has 2 atom stereocenters. The molecule has 0 aromatic heterocycles. The molecule has 2 aliphatic rings. The molecule has 0 spiro atoms. The highest BCUT2D eigenvalue weighted by Gasteiger charge is 2.34. The summed E-state index contributed by atoms with van der Waals surface area (Å²) in [6, 6.07) is 0.453. The van der Waals surface area contributed by atoms with Crippen LogP contribution in [0.5, 0.6) is 0 Å². The molecule has 0 radical (unpaired) electrons. The van der Waals surface area contributed by atoms with Gasteiger partial charge in [0.15, 0.2) is 0 Å². The van der Waals surface area contributed by atoms with Crippen LogP contribution in [0.1, 0.15) is 32.6 Å². The quantitative estimate of drug-likeness (QED) is 0.684. The molecule has 0 aromatic carbocycles. The van der Waals surface area contributed by atoms with Crippen molar-refractivity contribution in [3.8, 4) is 0 Å². The number of nitrogens with zero attached hydrogens (tertiary/aromatic N) is 1. The fraction of sp³-hybridized carbons (Fsp3) is 0.900. The third kappa shape index (κ3) is 1.85. The van der Waals surface area contributed by atoms with Gasteiger partial charge in [-0.3, -0.25) is 4.79 Å². The number of carbonyl (C=O) groups is 1. The molecule has 1 amide bonds. The number of amides is 1. The molecule has 2 rings (SSSR count). The Morgan fingerprint density at radius 1 is 1.46 bits per heavy atom. The van der Waals surface area contributed by atoms with Gasteiger partial charge in [-0.25, -0.2) is 0 Å². The smallest absolute Gasteiger partial charge is 0.223 e. The topological polar surface area (TPSA) is 46.3 Å². The van der Waals surface area contributed by atoms with Crippen LogP contribution in [0.2, 0.25) is 0 Å². The maximum Gasteiger partial charge on any atom is 0.223 e. The Bertz CT molecular complexity index is 213. The van der Waals surface area contributed by atoms with Gasteiger partial charge >= 0.3 is 0 Å². The van der Waals surface area contributed by atoms with E-state index in [-0.39, 0.29) is 12.1 Å². The minimum Gasteiger partial charge on any atom is -0.338 e. The highest BCUT2D eigenvalue weighted by Crippen LogP contribution is 2.33. The van der Waals surface area contributed by atoms with Crippen LogP contribution < -0.4 is 5.73 Å². The first-order valence-corrected chi connectivity index (χ1v) is 5.23. The highest BCUT2D eigenvalue weighted by molar-refractivity contribution is 5.77. The van der Waals surface area contributed by atoms with E-state index in [1.54, 1.807) is 0 Å². The standard InChI is InChI=1S/C10H18N2O/c1-7-9(11)4-5-12(7)10(13)6-8-2-3-8/h7-9H,2-6,11H2,1H3. The molecule has 2 N–H and O–H groups in total. The van der Waals surface area contributed by atoms with E-state index in [4.69, 9.17) is 5.73 Å². The molecule has 1 aliphatic heterocycles. The van der Waals surface area contributed by atoms with Crippen molar-refractivity contribution >= 4 is 5.91 Å². The summed E-state index contributed by atoms with van der Waals surface area (Å²) >= 11 is 0. The Kier molecular flexibility index (Phi) is 2.28. The highest BCUT2D eigenvalue weighted by atomic mass is 16.2. The Morgan fingerprint density at radius 2 is 2.15 bits per heavy atom. The first kappa shape index (κ1) is 9.00. The summed E-state index contributed by atoms with van der Waals surface area (Å²) < 4.78 is 0.